The van der Waals surface area contributed by atoms with Crippen LogP contribution in [0.15, 0.2) is 6.07 Å². The van der Waals surface area contributed by atoms with E-state index in [1.807, 2.05) is 6.92 Å². The third-order valence-electron chi connectivity index (χ3n) is 2.65. The third-order valence-corrected chi connectivity index (χ3v) is 2.65. The first-order valence-corrected chi connectivity index (χ1v) is 5.59. The number of hydrogen-bond donors (Lipinski definition) is 1. The number of hydrogen-bond acceptors (Lipinski definition) is 5. The van der Waals surface area contributed by atoms with Crippen molar-refractivity contribution in [1.82, 2.24) is 15.1 Å². The molecule has 1 atom stereocenters. The van der Waals surface area contributed by atoms with Crippen LogP contribution in [0.2, 0.25) is 0 Å². The van der Waals surface area contributed by atoms with Crippen LogP contribution in [-0.4, -0.2) is 34.7 Å². The van der Waals surface area contributed by atoms with Crippen molar-refractivity contribution in [3.63, 3.8) is 0 Å². The highest BCUT2D eigenvalue weighted by atomic mass is 16.5. The van der Waals surface area contributed by atoms with Crippen molar-refractivity contribution in [2.24, 2.45) is 5.92 Å². The van der Waals surface area contributed by atoms with Crippen molar-refractivity contribution in [3.8, 4) is 0 Å². The normalized spacial score (nSPS) is 19.6. The Bertz CT molecular complexity index is 453. The van der Waals surface area contributed by atoms with Gasteiger partial charge in [0.1, 0.15) is 11.6 Å². The second kappa shape index (κ2) is 4.67. The third kappa shape index (κ3) is 2.21. The van der Waals surface area contributed by atoms with Crippen LogP contribution in [0.3, 0.4) is 0 Å². The molecular weight excluding hydrogens is 222 g/mol. The summed E-state index contributed by atoms with van der Waals surface area (Å²) in [6.45, 7) is 4.54. The summed E-state index contributed by atoms with van der Waals surface area (Å²) in [6.07, 6.45) is 0. The molecule has 0 saturated heterocycles. The summed E-state index contributed by atoms with van der Waals surface area (Å²) in [5.74, 6) is -1.47. The van der Waals surface area contributed by atoms with Crippen molar-refractivity contribution in [2.75, 3.05) is 13.2 Å². The maximum Gasteiger partial charge on any atom is 0.318 e. The topological polar surface area (TPSA) is 73.2 Å². The van der Waals surface area contributed by atoms with Crippen LogP contribution < -0.4 is 5.32 Å². The van der Waals surface area contributed by atoms with E-state index in [1.165, 1.54) is 0 Å². The van der Waals surface area contributed by atoms with E-state index in [4.69, 9.17) is 4.74 Å². The first kappa shape index (κ1) is 11.8. The number of carbonyl (C=O) groups excluding carboxylic acids is 2. The van der Waals surface area contributed by atoms with Crippen molar-refractivity contribution in [3.05, 3.63) is 17.5 Å². The molecule has 0 aliphatic carbocycles. The molecule has 1 aromatic heterocycles. The van der Waals surface area contributed by atoms with Gasteiger partial charge in [-0.3, -0.25) is 14.9 Å². The molecule has 6 heteroatoms. The zero-order valence-corrected chi connectivity index (χ0v) is 9.90. The lowest BCUT2D eigenvalue weighted by Crippen LogP contribution is -2.33. The predicted molar refractivity (Wildman–Crippen MR) is 59.4 cm³/mol. The Morgan fingerprint density at radius 3 is 3.18 bits per heavy atom. The molecule has 2 heterocycles. The minimum absolute atomic E-state index is 0.228. The Morgan fingerprint density at radius 1 is 1.71 bits per heavy atom. The summed E-state index contributed by atoms with van der Waals surface area (Å²) >= 11 is 0. The lowest BCUT2D eigenvalue weighted by Gasteiger charge is -2.10. The molecule has 0 fully saturated rings. The van der Waals surface area contributed by atoms with Gasteiger partial charge in [0.15, 0.2) is 5.78 Å². The Morgan fingerprint density at radius 2 is 2.47 bits per heavy atom. The van der Waals surface area contributed by atoms with E-state index in [2.05, 4.69) is 10.4 Å². The minimum Gasteiger partial charge on any atom is -0.465 e. The second-order valence-corrected chi connectivity index (χ2v) is 3.95. The van der Waals surface area contributed by atoms with E-state index in [0.717, 1.165) is 5.69 Å². The smallest absolute Gasteiger partial charge is 0.318 e. The standard InChI is InChI=1S/C11H15N3O3/c1-3-17-11(16)8-5-12-6-14-9(10(8)15)4-7(2)13-14/h4,8,12H,3,5-6H2,1-2H3. The molecule has 0 spiro atoms. The van der Waals surface area contributed by atoms with Crippen molar-refractivity contribution >= 4 is 11.8 Å². The van der Waals surface area contributed by atoms with Crippen LogP contribution >= 0.6 is 0 Å². The van der Waals surface area contributed by atoms with Gasteiger partial charge in [0.2, 0.25) is 0 Å². The Labute approximate surface area is 98.9 Å². The van der Waals surface area contributed by atoms with Gasteiger partial charge in [-0.25, -0.2) is 4.68 Å². The van der Waals surface area contributed by atoms with Gasteiger partial charge < -0.3 is 4.74 Å². The highest BCUT2D eigenvalue weighted by Gasteiger charge is 2.33. The quantitative estimate of drug-likeness (QED) is 0.584. The summed E-state index contributed by atoms with van der Waals surface area (Å²) in [7, 11) is 0. The Balaban J connectivity index is 2.28. The van der Waals surface area contributed by atoms with E-state index < -0.39 is 11.9 Å². The number of nitrogens with zero attached hydrogens (tertiary/aromatic N) is 2. The molecule has 92 valence electrons. The highest BCUT2D eigenvalue weighted by Crippen LogP contribution is 2.14. The van der Waals surface area contributed by atoms with Crippen LogP contribution in [0.1, 0.15) is 23.1 Å². The lowest BCUT2D eigenvalue weighted by atomic mass is 10.0. The number of Topliss-reactive ketones (excluding diaryl/α,β-unsaturated/α-hetero) is 1. The molecule has 1 aromatic rings. The molecule has 0 aromatic carbocycles. The zero-order chi connectivity index (χ0) is 12.4. The number of aryl methyl sites for hydroxylation is 1. The molecule has 1 aliphatic heterocycles. The predicted octanol–water partition coefficient (Wildman–Crippen LogP) is 0.114. The van der Waals surface area contributed by atoms with Crippen molar-refractivity contribution in [1.29, 1.82) is 0 Å². The molecule has 0 radical (unpaired) electrons. The molecule has 1 aliphatic rings. The Hall–Kier alpha value is -1.69. The Kier molecular flexibility index (Phi) is 3.23. The molecule has 0 amide bonds. The molecule has 1 N–H and O–H groups in total. The summed E-state index contributed by atoms with van der Waals surface area (Å²) in [5.41, 5.74) is 1.23. The monoisotopic (exact) mass is 237 g/mol. The second-order valence-electron chi connectivity index (χ2n) is 3.95. The number of rotatable bonds is 2. The van der Waals surface area contributed by atoms with Crippen LogP contribution in [-0.2, 0) is 16.2 Å². The van der Waals surface area contributed by atoms with Gasteiger partial charge in [0, 0.05) is 6.54 Å². The van der Waals surface area contributed by atoms with Gasteiger partial charge in [-0.15, -0.1) is 0 Å². The SMILES string of the molecule is CCOC(=O)C1CNCn2nc(C)cc2C1=O. The summed E-state index contributed by atoms with van der Waals surface area (Å²) in [5, 5.41) is 7.20. The van der Waals surface area contributed by atoms with Crippen molar-refractivity contribution in [2.45, 2.75) is 20.5 Å². The van der Waals surface area contributed by atoms with E-state index in [1.54, 1.807) is 17.7 Å². The minimum atomic E-state index is -0.771. The fourth-order valence-electron chi connectivity index (χ4n) is 1.88. The maximum atomic E-state index is 12.2. The largest absolute Gasteiger partial charge is 0.465 e. The average Bonchev–Trinajstić information content (AvgIpc) is 2.58. The van der Waals surface area contributed by atoms with Crippen LogP contribution in [0.25, 0.3) is 0 Å². The molecule has 0 bridgehead atoms. The number of esters is 1. The first-order valence-electron chi connectivity index (χ1n) is 5.59. The summed E-state index contributed by atoms with van der Waals surface area (Å²) in [4.78, 5) is 23.8. The molecular formula is C11H15N3O3. The van der Waals surface area contributed by atoms with E-state index in [0.29, 0.717) is 18.9 Å². The number of ketones is 1. The van der Waals surface area contributed by atoms with E-state index >= 15 is 0 Å². The summed E-state index contributed by atoms with van der Waals surface area (Å²) in [6, 6.07) is 1.70. The van der Waals surface area contributed by atoms with Gasteiger partial charge in [-0.2, -0.15) is 5.10 Å². The number of ether oxygens (including phenoxy) is 1. The highest BCUT2D eigenvalue weighted by molar-refractivity contribution is 6.08. The number of fused-ring (bicyclic) bond motifs is 1. The van der Waals surface area contributed by atoms with Crippen molar-refractivity contribution < 1.29 is 14.3 Å². The number of carbonyl (C=O) groups is 2. The fraction of sp³-hybridized carbons (Fsp3) is 0.545. The van der Waals surface area contributed by atoms with Gasteiger partial charge in [0.05, 0.1) is 19.0 Å². The lowest BCUT2D eigenvalue weighted by molar-refractivity contribution is -0.146. The van der Waals surface area contributed by atoms with E-state index in [-0.39, 0.29) is 12.4 Å². The summed E-state index contributed by atoms with van der Waals surface area (Å²) < 4.78 is 6.48. The fourth-order valence-corrected chi connectivity index (χ4v) is 1.88. The van der Waals surface area contributed by atoms with E-state index in [9.17, 15) is 9.59 Å². The molecule has 1 unspecified atom stereocenters. The van der Waals surface area contributed by atoms with Gasteiger partial charge in [-0.05, 0) is 19.9 Å². The average molecular weight is 237 g/mol. The van der Waals surface area contributed by atoms with Crippen LogP contribution in [0.4, 0.5) is 0 Å². The van der Waals surface area contributed by atoms with Crippen LogP contribution in [0.5, 0.6) is 0 Å². The zero-order valence-electron chi connectivity index (χ0n) is 9.90. The van der Waals surface area contributed by atoms with Gasteiger partial charge in [-0.1, -0.05) is 0 Å². The molecule has 6 nitrogen and oxygen atoms in total. The van der Waals surface area contributed by atoms with Gasteiger partial charge in [0.25, 0.3) is 0 Å². The first-order chi connectivity index (χ1) is 8.13. The number of aromatic nitrogens is 2. The van der Waals surface area contributed by atoms with Gasteiger partial charge >= 0.3 is 5.97 Å². The molecule has 0 saturated carbocycles. The number of nitrogens with one attached hydrogen (secondary N) is 1. The van der Waals surface area contributed by atoms with Crippen LogP contribution in [0, 0.1) is 12.8 Å². The molecule has 17 heavy (non-hydrogen) atoms. The molecule has 2 rings (SSSR count). The maximum absolute atomic E-state index is 12.2.